The molecular formula is C15H16N4O3S. The van der Waals surface area contributed by atoms with E-state index in [-0.39, 0.29) is 18.0 Å². The van der Waals surface area contributed by atoms with E-state index in [2.05, 4.69) is 10.3 Å². The van der Waals surface area contributed by atoms with Crippen LogP contribution in [0.5, 0.6) is 0 Å². The van der Waals surface area contributed by atoms with E-state index >= 15 is 0 Å². The lowest BCUT2D eigenvalue weighted by atomic mass is 9.97. The molecule has 2 aliphatic rings. The van der Waals surface area contributed by atoms with E-state index in [0.29, 0.717) is 18.5 Å². The van der Waals surface area contributed by atoms with Gasteiger partial charge in [0.15, 0.2) is 0 Å². The Bertz CT molecular complexity index is 869. The summed E-state index contributed by atoms with van der Waals surface area (Å²) in [5.41, 5.74) is 0.928. The molecule has 8 heteroatoms. The van der Waals surface area contributed by atoms with Crippen molar-refractivity contribution in [3.05, 3.63) is 27.1 Å². The lowest BCUT2D eigenvalue weighted by Crippen LogP contribution is -2.38. The number of aromatic nitrogens is 2. The minimum absolute atomic E-state index is 0.153. The predicted octanol–water partition coefficient (Wildman–Crippen LogP) is 0.889. The number of hydrogen-bond donors (Lipinski definition) is 1. The van der Waals surface area contributed by atoms with Crippen molar-refractivity contribution >= 4 is 33.5 Å². The van der Waals surface area contributed by atoms with Crippen molar-refractivity contribution in [1.29, 1.82) is 0 Å². The molecule has 0 spiro atoms. The van der Waals surface area contributed by atoms with Crippen LogP contribution in [0.4, 0.5) is 4.79 Å². The number of rotatable bonds is 2. The molecule has 120 valence electrons. The van der Waals surface area contributed by atoms with E-state index in [1.54, 1.807) is 11.3 Å². The van der Waals surface area contributed by atoms with Crippen LogP contribution in [-0.4, -0.2) is 39.5 Å². The van der Waals surface area contributed by atoms with Gasteiger partial charge in [0.1, 0.15) is 11.4 Å². The van der Waals surface area contributed by atoms with Gasteiger partial charge in [-0.25, -0.2) is 9.78 Å². The van der Waals surface area contributed by atoms with Gasteiger partial charge >= 0.3 is 6.03 Å². The highest BCUT2D eigenvalue weighted by Crippen LogP contribution is 2.33. The number of nitrogens with one attached hydrogen (secondary N) is 1. The maximum absolute atomic E-state index is 12.8. The van der Waals surface area contributed by atoms with Gasteiger partial charge in [0.25, 0.3) is 11.5 Å². The van der Waals surface area contributed by atoms with Crippen molar-refractivity contribution in [3.63, 3.8) is 0 Å². The van der Waals surface area contributed by atoms with E-state index in [9.17, 15) is 14.4 Å². The van der Waals surface area contributed by atoms with Gasteiger partial charge in [-0.3, -0.25) is 19.1 Å². The Balaban J connectivity index is 1.71. The van der Waals surface area contributed by atoms with Gasteiger partial charge in [-0.2, -0.15) is 0 Å². The highest BCUT2D eigenvalue weighted by Gasteiger charge is 2.27. The van der Waals surface area contributed by atoms with Crippen LogP contribution < -0.4 is 10.9 Å². The Hall–Kier alpha value is -2.22. The van der Waals surface area contributed by atoms with Gasteiger partial charge in [0.05, 0.1) is 11.7 Å². The molecule has 3 heterocycles. The summed E-state index contributed by atoms with van der Waals surface area (Å²) in [5.74, 6) is -0.382. The minimum atomic E-state index is -0.398. The van der Waals surface area contributed by atoms with E-state index in [4.69, 9.17) is 0 Å². The lowest BCUT2D eigenvalue weighted by Gasteiger charge is -2.13. The third-order valence-corrected chi connectivity index (χ3v) is 5.61. The first-order valence-electron chi connectivity index (χ1n) is 7.73. The van der Waals surface area contributed by atoms with Crippen molar-refractivity contribution in [2.24, 2.45) is 0 Å². The largest absolute Gasteiger partial charge is 0.336 e. The summed E-state index contributed by atoms with van der Waals surface area (Å²) in [5, 5.41) is 3.24. The summed E-state index contributed by atoms with van der Waals surface area (Å²) >= 11 is 1.58. The maximum Gasteiger partial charge on any atom is 0.324 e. The first kappa shape index (κ1) is 14.4. The Morgan fingerprint density at radius 2 is 2.13 bits per heavy atom. The van der Waals surface area contributed by atoms with Crippen LogP contribution in [0.15, 0.2) is 11.1 Å². The van der Waals surface area contributed by atoms with Gasteiger partial charge in [0.2, 0.25) is 0 Å². The number of fused-ring (bicyclic) bond motifs is 3. The monoisotopic (exact) mass is 332 g/mol. The van der Waals surface area contributed by atoms with Gasteiger partial charge in [-0.15, -0.1) is 11.3 Å². The zero-order chi connectivity index (χ0) is 16.0. The molecule has 2 aromatic rings. The second-order valence-electron chi connectivity index (χ2n) is 5.85. The van der Waals surface area contributed by atoms with Gasteiger partial charge in [0, 0.05) is 18.0 Å². The minimum Gasteiger partial charge on any atom is -0.336 e. The normalized spacial score (nSPS) is 17.4. The molecule has 0 radical (unpaired) electrons. The average molecular weight is 332 g/mol. The Kier molecular flexibility index (Phi) is 3.41. The van der Waals surface area contributed by atoms with Crippen molar-refractivity contribution in [3.8, 4) is 0 Å². The van der Waals surface area contributed by atoms with Gasteiger partial charge in [-0.1, -0.05) is 0 Å². The van der Waals surface area contributed by atoms with Crippen LogP contribution in [0.1, 0.15) is 23.3 Å². The number of thiophene rings is 1. The molecule has 0 saturated carbocycles. The molecule has 1 N–H and O–H groups in total. The van der Waals surface area contributed by atoms with Crippen LogP contribution in [0, 0.1) is 0 Å². The van der Waals surface area contributed by atoms with Crippen LogP contribution in [-0.2, 0) is 24.2 Å². The summed E-state index contributed by atoms with van der Waals surface area (Å²) in [7, 11) is 0. The van der Waals surface area contributed by atoms with E-state index in [1.807, 2.05) is 0 Å². The number of amides is 3. The number of carbonyl (C=O) groups excluding carboxylic acids is 2. The van der Waals surface area contributed by atoms with Crippen LogP contribution in [0.3, 0.4) is 0 Å². The Morgan fingerprint density at radius 1 is 1.30 bits per heavy atom. The Morgan fingerprint density at radius 3 is 2.91 bits per heavy atom. The fourth-order valence-electron chi connectivity index (χ4n) is 3.23. The molecule has 1 saturated heterocycles. The van der Waals surface area contributed by atoms with Crippen LogP contribution in [0.2, 0.25) is 0 Å². The summed E-state index contributed by atoms with van der Waals surface area (Å²) in [4.78, 5) is 44.0. The quantitative estimate of drug-likeness (QED) is 0.885. The number of urea groups is 1. The van der Waals surface area contributed by atoms with Gasteiger partial charge in [-0.05, 0) is 31.2 Å². The second kappa shape index (κ2) is 5.45. The standard InChI is InChI=1S/C15H16N4O3S/c20-11(19-6-5-16-15(19)22)7-18-8-17-13-12(14(18)21)9-3-1-2-4-10(9)23-13/h8H,1-7H2,(H,16,22). The molecule has 0 unspecified atom stereocenters. The molecule has 1 aliphatic carbocycles. The molecule has 0 atom stereocenters. The van der Waals surface area contributed by atoms with E-state index < -0.39 is 6.03 Å². The van der Waals surface area contributed by atoms with Gasteiger partial charge < -0.3 is 5.32 Å². The summed E-state index contributed by atoms with van der Waals surface area (Å²) in [6, 6.07) is -0.398. The fourth-order valence-corrected chi connectivity index (χ4v) is 4.45. The van der Waals surface area contributed by atoms with Crippen molar-refractivity contribution in [1.82, 2.24) is 19.8 Å². The molecule has 4 rings (SSSR count). The zero-order valence-electron chi connectivity index (χ0n) is 12.5. The lowest BCUT2D eigenvalue weighted by molar-refractivity contribution is -0.128. The Labute approximate surface area is 135 Å². The molecule has 0 bridgehead atoms. The van der Waals surface area contributed by atoms with Crippen LogP contribution >= 0.6 is 11.3 Å². The van der Waals surface area contributed by atoms with E-state index in [1.165, 1.54) is 15.8 Å². The second-order valence-corrected chi connectivity index (χ2v) is 6.93. The summed E-state index contributed by atoms with van der Waals surface area (Å²) in [6.45, 7) is 0.643. The number of nitrogens with zero attached hydrogens (tertiary/aromatic N) is 3. The van der Waals surface area contributed by atoms with Crippen molar-refractivity contribution in [2.45, 2.75) is 32.2 Å². The summed E-state index contributed by atoms with van der Waals surface area (Å²) < 4.78 is 1.32. The topological polar surface area (TPSA) is 84.3 Å². The maximum atomic E-state index is 12.8. The molecule has 7 nitrogen and oxygen atoms in total. The first-order chi connectivity index (χ1) is 11.1. The molecule has 2 aromatic heterocycles. The molecule has 1 fully saturated rings. The zero-order valence-corrected chi connectivity index (χ0v) is 13.3. The highest BCUT2D eigenvalue weighted by atomic mass is 32.1. The molecule has 3 amide bonds. The van der Waals surface area contributed by atoms with Crippen molar-refractivity contribution < 1.29 is 9.59 Å². The number of imide groups is 1. The smallest absolute Gasteiger partial charge is 0.324 e. The third kappa shape index (κ3) is 2.33. The molecule has 23 heavy (non-hydrogen) atoms. The fraction of sp³-hybridized carbons (Fsp3) is 0.467. The number of carbonyl (C=O) groups is 2. The third-order valence-electron chi connectivity index (χ3n) is 4.41. The molecule has 0 aromatic carbocycles. The van der Waals surface area contributed by atoms with Crippen LogP contribution in [0.25, 0.3) is 10.2 Å². The highest BCUT2D eigenvalue weighted by molar-refractivity contribution is 7.18. The van der Waals surface area contributed by atoms with E-state index in [0.717, 1.165) is 41.0 Å². The summed E-state index contributed by atoms with van der Waals surface area (Å²) in [6.07, 6.45) is 5.55. The first-order valence-corrected chi connectivity index (χ1v) is 8.54. The molecular weight excluding hydrogens is 316 g/mol. The predicted molar refractivity (Wildman–Crippen MR) is 85.6 cm³/mol. The molecule has 1 aliphatic heterocycles. The number of hydrogen-bond acceptors (Lipinski definition) is 5. The average Bonchev–Trinajstić information content (AvgIpc) is 3.13. The van der Waals surface area contributed by atoms with Crippen molar-refractivity contribution in [2.75, 3.05) is 13.1 Å². The number of aryl methyl sites for hydroxylation is 2. The SMILES string of the molecule is O=C(Cn1cnc2sc3c(c2c1=O)CCCC3)N1CCNC1=O.